The van der Waals surface area contributed by atoms with E-state index in [4.69, 9.17) is 9.47 Å². The fourth-order valence-corrected chi connectivity index (χ4v) is 2.58. The third kappa shape index (κ3) is 4.81. The number of nitrogens with one attached hydrogen (secondary N) is 1. The largest absolute Gasteiger partial charge is 0.497 e. The first-order chi connectivity index (χ1) is 12.1. The first kappa shape index (κ1) is 19.0. The molecule has 2 aromatic rings. The number of ether oxygens (including phenoxy) is 2. The molecule has 0 saturated heterocycles. The van der Waals surface area contributed by atoms with E-state index in [-0.39, 0.29) is 18.4 Å². The maximum absolute atomic E-state index is 13.1. The lowest BCUT2D eigenvalue weighted by atomic mass is 9.96. The van der Waals surface area contributed by atoms with Crippen molar-refractivity contribution in [2.24, 2.45) is 0 Å². The van der Waals surface area contributed by atoms with Gasteiger partial charge in [0.15, 0.2) is 5.78 Å². The lowest BCUT2D eigenvalue weighted by Gasteiger charge is -2.23. The van der Waals surface area contributed by atoms with Gasteiger partial charge in [0.05, 0.1) is 26.9 Å². The van der Waals surface area contributed by atoms with Crippen molar-refractivity contribution in [1.29, 1.82) is 0 Å². The van der Waals surface area contributed by atoms with Crippen molar-refractivity contribution in [2.45, 2.75) is 25.4 Å². The topological polar surface area (TPSA) is 67.8 Å². The van der Waals surface area contributed by atoms with Gasteiger partial charge in [0.1, 0.15) is 11.5 Å². The van der Waals surface area contributed by atoms with Gasteiger partial charge in [0, 0.05) is 11.6 Å². The second-order valence-electron chi connectivity index (χ2n) is 5.75. The Bertz CT molecular complexity index is 663. The SMILES string of the molecule is CCC(CO)NC(C(=O)c1ccc(OC)cc1)c1ccc(OC)cc1. The van der Waals surface area contributed by atoms with E-state index in [1.165, 1.54) is 0 Å². The Morgan fingerprint density at radius 1 is 1.00 bits per heavy atom. The van der Waals surface area contributed by atoms with Crippen LogP contribution in [0.3, 0.4) is 0 Å². The highest BCUT2D eigenvalue weighted by molar-refractivity contribution is 6.00. The number of carbonyl (C=O) groups is 1. The molecule has 0 radical (unpaired) electrons. The Hall–Kier alpha value is -2.37. The molecule has 0 aliphatic carbocycles. The number of hydrogen-bond donors (Lipinski definition) is 2. The summed E-state index contributed by atoms with van der Waals surface area (Å²) in [5.74, 6) is 1.38. The van der Waals surface area contributed by atoms with Crippen molar-refractivity contribution in [1.82, 2.24) is 5.32 Å². The molecule has 2 N–H and O–H groups in total. The zero-order valence-corrected chi connectivity index (χ0v) is 14.9. The average Bonchev–Trinajstić information content (AvgIpc) is 2.69. The summed E-state index contributed by atoms with van der Waals surface area (Å²) in [6, 6.07) is 13.7. The highest BCUT2D eigenvalue weighted by Gasteiger charge is 2.24. The molecule has 2 rings (SSSR count). The molecule has 25 heavy (non-hydrogen) atoms. The first-order valence-electron chi connectivity index (χ1n) is 8.32. The third-order valence-corrected chi connectivity index (χ3v) is 4.20. The number of aliphatic hydroxyl groups excluding tert-OH is 1. The number of rotatable bonds is 9. The van der Waals surface area contributed by atoms with Crippen LogP contribution in [-0.2, 0) is 0 Å². The van der Waals surface area contributed by atoms with Crippen LogP contribution in [0.25, 0.3) is 0 Å². The summed E-state index contributed by atoms with van der Waals surface area (Å²) in [6.45, 7) is 1.94. The van der Waals surface area contributed by atoms with Crippen molar-refractivity contribution >= 4 is 5.78 Å². The fourth-order valence-electron chi connectivity index (χ4n) is 2.58. The summed E-state index contributed by atoms with van der Waals surface area (Å²) < 4.78 is 10.3. The number of aliphatic hydroxyl groups is 1. The minimum Gasteiger partial charge on any atom is -0.497 e. The second-order valence-corrected chi connectivity index (χ2v) is 5.75. The maximum atomic E-state index is 13.1. The molecule has 2 unspecified atom stereocenters. The number of carbonyl (C=O) groups excluding carboxylic acids is 1. The molecule has 0 bridgehead atoms. The van der Waals surface area contributed by atoms with Gasteiger partial charge < -0.3 is 14.6 Å². The summed E-state index contributed by atoms with van der Waals surface area (Å²) in [6.07, 6.45) is 0.721. The molecule has 0 aromatic heterocycles. The van der Waals surface area contributed by atoms with E-state index in [0.717, 1.165) is 17.7 Å². The third-order valence-electron chi connectivity index (χ3n) is 4.20. The fraction of sp³-hybridized carbons (Fsp3) is 0.350. The predicted molar refractivity (Wildman–Crippen MR) is 97.4 cm³/mol. The van der Waals surface area contributed by atoms with Gasteiger partial charge in [-0.2, -0.15) is 0 Å². The Morgan fingerprint density at radius 2 is 1.52 bits per heavy atom. The molecule has 0 amide bonds. The van der Waals surface area contributed by atoms with Crippen LogP contribution in [0.2, 0.25) is 0 Å². The smallest absolute Gasteiger partial charge is 0.184 e. The molecular weight excluding hydrogens is 318 g/mol. The van der Waals surface area contributed by atoms with E-state index in [2.05, 4.69) is 5.32 Å². The molecule has 134 valence electrons. The Kier molecular flexibility index (Phi) is 6.98. The molecule has 0 heterocycles. The molecule has 0 saturated carbocycles. The second kappa shape index (κ2) is 9.20. The van der Waals surface area contributed by atoms with Gasteiger partial charge in [-0.15, -0.1) is 0 Å². The minimum absolute atomic E-state index is 0.0287. The quantitative estimate of drug-likeness (QED) is 0.685. The van der Waals surface area contributed by atoms with Crippen LogP contribution in [0.4, 0.5) is 0 Å². The molecule has 5 heteroatoms. The van der Waals surface area contributed by atoms with Gasteiger partial charge in [-0.05, 0) is 48.4 Å². The number of benzene rings is 2. The van der Waals surface area contributed by atoms with Gasteiger partial charge in [-0.3, -0.25) is 10.1 Å². The Morgan fingerprint density at radius 3 is 1.96 bits per heavy atom. The van der Waals surface area contributed by atoms with E-state index in [1.807, 2.05) is 31.2 Å². The van der Waals surface area contributed by atoms with Gasteiger partial charge in [-0.1, -0.05) is 19.1 Å². The summed E-state index contributed by atoms with van der Waals surface area (Å²) in [5.41, 5.74) is 1.41. The van der Waals surface area contributed by atoms with E-state index < -0.39 is 6.04 Å². The van der Waals surface area contributed by atoms with Crippen LogP contribution in [0, 0.1) is 0 Å². The Balaban J connectivity index is 2.32. The van der Waals surface area contributed by atoms with Crippen molar-refractivity contribution in [3.05, 3.63) is 59.7 Å². The van der Waals surface area contributed by atoms with Gasteiger partial charge in [-0.25, -0.2) is 0 Å². The summed E-state index contributed by atoms with van der Waals surface area (Å²) in [5, 5.41) is 12.8. The lowest BCUT2D eigenvalue weighted by Crippen LogP contribution is -2.39. The standard InChI is InChI=1S/C20H25NO4/c1-4-16(13-22)21-19(14-5-9-17(24-2)10-6-14)20(23)15-7-11-18(25-3)12-8-15/h5-12,16,19,21-22H,4,13H2,1-3H3. The highest BCUT2D eigenvalue weighted by atomic mass is 16.5. The van der Waals surface area contributed by atoms with Crippen molar-refractivity contribution in [3.8, 4) is 11.5 Å². The van der Waals surface area contributed by atoms with Crippen LogP contribution >= 0.6 is 0 Å². The molecule has 0 fully saturated rings. The van der Waals surface area contributed by atoms with Gasteiger partial charge >= 0.3 is 0 Å². The normalized spacial score (nSPS) is 13.1. The monoisotopic (exact) mass is 343 g/mol. The minimum atomic E-state index is -0.545. The molecule has 2 aromatic carbocycles. The van der Waals surface area contributed by atoms with Gasteiger partial charge in [0.25, 0.3) is 0 Å². The van der Waals surface area contributed by atoms with E-state index in [0.29, 0.717) is 11.3 Å². The van der Waals surface area contributed by atoms with Crippen molar-refractivity contribution in [3.63, 3.8) is 0 Å². The zero-order valence-electron chi connectivity index (χ0n) is 14.9. The van der Waals surface area contributed by atoms with E-state index in [1.54, 1.807) is 38.5 Å². The van der Waals surface area contributed by atoms with Gasteiger partial charge in [0.2, 0.25) is 0 Å². The van der Waals surface area contributed by atoms with Crippen LogP contribution in [0.1, 0.15) is 35.3 Å². The number of Topliss-reactive ketones (excluding diaryl/α,β-unsaturated/α-hetero) is 1. The number of hydrogen-bond acceptors (Lipinski definition) is 5. The molecular formula is C20H25NO4. The maximum Gasteiger partial charge on any atom is 0.184 e. The first-order valence-corrected chi connectivity index (χ1v) is 8.32. The van der Waals surface area contributed by atoms with Crippen LogP contribution < -0.4 is 14.8 Å². The van der Waals surface area contributed by atoms with E-state index in [9.17, 15) is 9.90 Å². The summed E-state index contributed by atoms with van der Waals surface area (Å²) >= 11 is 0. The molecule has 0 spiro atoms. The van der Waals surface area contributed by atoms with E-state index >= 15 is 0 Å². The Labute approximate surface area is 148 Å². The summed E-state index contributed by atoms with van der Waals surface area (Å²) in [4.78, 5) is 13.1. The van der Waals surface area contributed by atoms with Crippen LogP contribution in [-0.4, -0.2) is 37.8 Å². The number of methoxy groups -OCH3 is 2. The van der Waals surface area contributed by atoms with Crippen LogP contribution in [0.15, 0.2) is 48.5 Å². The lowest BCUT2D eigenvalue weighted by molar-refractivity contribution is 0.0926. The van der Waals surface area contributed by atoms with Crippen molar-refractivity contribution in [2.75, 3.05) is 20.8 Å². The molecule has 0 aliphatic heterocycles. The zero-order chi connectivity index (χ0) is 18.2. The van der Waals surface area contributed by atoms with Crippen LogP contribution in [0.5, 0.6) is 11.5 Å². The van der Waals surface area contributed by atoms with Crippen molar-refractivity contribution < 1.29 is 19.4 Å². The average molecular weight is 343 g/mol. The summed E-state index contributed by atoms with van der Waals surface area (Å²) in [7, 11) is 3.19. The highest BCUT2D eigenvalue weighted by Crippen LogP contribution is 2.23. The molecule has 0 aliphatic rings. The molecule has 5 nitrogen and oxygen atoms in total. The molecule has 2 atom stereocenters. The number of ketones is 1. The predicted octanol–water partition coefficient (Wildman–Crippen LogP) is 2.99.